The molecule has 2 aromatic carbocycles. The number of hydrogen-bond donors (Lipinski definition) is 1. The lowest BCUT2D eigenvalue weighted by atomic mass is 9.82. The minimum Gasteiger partial charge on any atom is -0.371 e. The van der Waals surface area contributed by atoms with E-state index < -0.39 is 0 Å². The van der Waals surface area contributed by atoms with E-state index in [1.54, 1.807) is 18.3 Å². The van der Waals surface area contributed by atoms with E-state index in [0.717, 1.165) is 54.6 Å². The second-order valence-electron chi connectivity index (χ2n) is 8.19. The van der Waals surface area contributed by atoms with Gasteiger partial charge in [-0.2, -0.15) is 0 Å². The SMILES string of the molecule is CCC(C(=O)Nc1ccc(C)cc1)C1CCN(c2ccnc3ccc(F)cc23)CC1. The van der Waals surface area contributed by atoms with E-state index in [1.165, 1.54) is 11.6 Å². The highest BCUT2D eigenvalue weighted by atomic mass is 19.1. The Labute approximate surface area is 177 Å². The van der Waals surface area contributed by atoms with Gasteiger partial charge in [-0.1, -0.05) is 24.6 Å². The Morgan fingerprint density at radius 3 is 2.60 bits per heavy atom. The number of rotatable bonds is 5. The summed E-state index contributed by atoms with van der Waals surface area (Å²) in [5.74, 6) is 0.211. The van der Waals surface area contributed by atoms with E-state index in [0.29, 0.717) is 5.92 Å². The van der Waals surface area contributed by atoms with Gasteiger partial charge in [0.1, 0.15) is 5.82 Å². The summed E-state index contributed by atoms with van der Waals surface area (Å²) < 4.78 is 13.8. The molecule has 1 aliphatic rings. The van der Waals surface area contributed by atoms with Gasteiger partial charge in [0.05, 0.1) is 5.52 Å². The van der Waals surface area contributed by atoms with Crippen LogP contribution in [0.1, 0.15) is 31.7 Å². The Kier molecular flexibility index (Phi) is 5.98. The topological polar surface area (TPSA) is 45.2 Å². The molecule has 1 unspecified atom stereocenters. The summed E-state index contributed by atoms with van der Waals surface area (Å²) in [7, 11) is 0. The van der Waals surface area contributed by atoms with Crippen LogP contribution in [0.4, 0.5) is 15.8 Å². The summed E-state index contributed by atoms with van der Waals surface area (Å²) in [6.07, 6.45) is 4.50. The molecule has 156 valence electrons. The lowest BCUT2D eigenvalue weighted by molar-refractivity contribution is -0.121. The van der Waals surface area contributed by atoms with Gasteiger partial charge in [-0.3, -0.25) is 9.78 Å². The summed E-state index contributed by atoms with van der Waals surface area (Å²) in [5, 5.41) is 3.94. The summed E-state index contributed by atoms with van der Waals surface area (Å²) in [5.41, 5.74) is 3.86. The van der Waals surface area contributed by atoms with Crippen molar-refractivity contribution in [1.29, 1.82) is 0 Å². The zero-order chi connectivity index (χ0) is 21.1. The van der Waals surface area contributed by atoms with Gasteiger partial charge in [0, 0.05) is 42.0 Å². The molecule has 1 saturated heterocycles. The number of nitrogens with one attached hydrogen (secondary N) is 1. The maximum absolute atomic E-state index is 13.8. The second kappa shape index (κ2) is 8.82. The van der Waals surface area contributed by atoms with Crippen LogP contribution < -0.4 is 10.2 Å². The third-order valence-electron chi connectivity index (χ3n) is 6.23. The molecule has 0 radical (unpaired) electrons. The van der Waals surface area contributed by atoms with Crippen molar-refractivity contribution in [1.82, 2.24) is 4.98 Å². The normalized spacial score (nSPS) is 15.9. The number of halogens is 1. The van der Waals surface area contributed by atoms with E-state index >= 15 is 0 Å². The Bertz CT molecular complexity index is 1030. The molecule has 4 nitrogen and oxygen atoms in total. The fourth-order valence-electron chi connectivity index (χ4n) is 4.53. The van der Waals surface area contributed by atoms with Crippen LogP contribution in [0.25, 0.3) is 10.9 Å². The van der Waals surface area contributed by atoms with E-state index in [-0.39, 0.29) is 17.6 Å². The van der Waals surface area contributed by atoms with Crippen molar-refractivity contribution in [3.05, 3.63) is 66.1 Å². The maximum Gasteiger partial charge on any atom is 0.227 e. The molecule has 4 rings (SSSR count). The zero-order valence-electron chi connectivity index (χ0n) is 17.6. The largest absolute Gasteiger partial charge is 0.371 e. The van der Waals surface area contributed by atoms with Gasteiger partial charge in [-0.05, 0) is 68.5 Å². The van der Waals surface area contributed by atoms with Gasteiger partial charge in [-0.25, -0.2) is 4.39 Å². The third kappa shape index (κ3) is 4.30. The van der Waals surface area contributed by atoms with Crippen LogP contribution in [0.15, 0.2) is 54.7 Å². The average Bonchev–Trinajstić information content (AvgIpc) is 2.76. The van der Waals surface area contributed by atoms with E-state index in [4.69, 9.17) is 0 Å². The number of anilines is 2. The fourth-order valence-corrected chi connectivity index (χ4v) is 4.53. The van der Waals surface area contributed by atoms with Crippen molar-refractivity contribution in [3.8, 4) is 0 Å². The number of aromatic nitrogens is 1. The van der Waals surface area contributed by atoms with Crippen LogP contribution in [0, 0.1) is 24.6 Å². The second-order valence-corrected chi connectivity index (χ2v) is 8.19. The molecule has 3 aromatic rings. The van der Waals surface area contributed by atoms with Crippen molar-refractivity contribution < 1.29 is 9.18 Å². The predicted octanol–water partition coefficient (Wildman–Crippen LogP) is 5.56. The molecule has 1 aromatic heterocycles. The molecular weight excluding hydrogens is 377 g/mol. The van der Waals surface area contributed by atoms with Gasteiger partial charge in [0.2, 0.25) is 5.91 Å². The van der Waals surface area contributed by atoms with Crippen LogP contribution in [0.3, 0.4) is 0 Å². The molecule has 1 aliphatic heterocycles. The van der Waals surface area contributed by atoms with E-state index in [1.807, 2.05) is 37.3 Å². The molecule has 0 saturated carbocycles. The van der Waals surface area contributed by atoms with Crippen LogP contribution in [0.2, 0.25) is 0 Å². The molecule has 1 N–H and O–H groups in total. The number of piperidine rings is 1. The quantitative estimate of drug-likeness (QED) is 0.604. The minimum atomic E-state index is -0.245. The average molecular weight is 406 g/mol. The number of carbonyl (C=O) groups excluding carboxylic acids is 1. The zero-order valence-corrected chi connectivity index (χ0v) is 17.6. The number of hydrogen-bond acceptors (Lipinski definition) is 3. The first-order chi connectivity index (χ1) is 14.5. The Balaban J connectivity index is 1.44. The first-order valence-electron chi connectivity index (χ1n) is 10.7. The number of nitrogens with zero attached hydrogens (tertiary/aromatic N) is 2. The van der Waals surface area contributed by atoms with Gasteiger partial charge >= 0.3 is 0 Å². The molecule has 1 atom stereocenters. The molecule has 1 amide bonds. The van der Waals surface area contributed by atoms with Crippen molar-refractivity contribution in [2.45, 2.75) is 33.1 Å². The summed E-state index contributed by atoms with van der Waals surface area (Å²) in [6.45, 7) is 5.84. The monoisotopic (exact) mass is 405 g/mol. The Morgan fingerprint density at radius 2 is 1.90 bits per heavy atom. The lowest BCUT2D eigenvalue weighted by Gasteiger charge is -2.37. The number of benzene rings is 2. The van der Waals surface area contributed by atoms with Gasteiger partial charge in [0.25, 0.3) is 0 Å². The standard InChI is InChI=1S/C25H28FN3O/c1-3-21(25(30)28-20-7-4-17(2)5-8-20)18-11-14-29(15-12-18)24-10-13-27-23-9-6-19(26)16-22(23)24/h4-10,13,16,18,21H,3,11-12,14-15H2,1-2H3,(H,28,30). The van der Waals surface area contributed by atoms with Crippen molar-refractivity contribution in [2.75, 3.05) is 23.3 Å². The minimum absolute atomic E-state index is 0.0000756. The molecule has 1 fully saturated rings. The number of amides is 1. The van der Waals surface area contributed by atoms with Crippen LogP contribution in [-0.4, -0.2) is 24.0 Å². The predicted molar refractivity (Wildman–Crippen MR) is 120 cm³/mol. The highest BCUT2D eigenvalue weighted by Crippen LogP contribution is 2.33. The molecule has 0 spiro atoms. The smallest absolute Gasteiger partial charge is 0.227 e. The number of pyridine rings is 1. The first-order valence-corrected chi connectivity index (χ1v) is 10.7. The molecule has 2 heterocycles. The van der Waals surface area contributed by atoms with Gasteiger partial charge in [-0.15, -0.1) is 0 Å². The van der Waals surface area contributed by atoms with Crippen LogP contribution in [0.5, 0.6) is 0 Å². The number of aryl methyl sites for hydroxylation is 1. The molecule has 0 bridgehead atoms. The summed E-state index contributed by atoms with van der Waals surface area (Å²) >= 11 is 0. The van der Waals surface area contributed by atoms with Crippen molar-refractivity contribution in [3.63, 3.8) is 0 Å². The Morgan fingerprint density at radius 1 is 1.17 bits per heavy atom. The van der Waals surface area contributed by atoms with E-state index in [2.05, 4.69) is 22.1 Å². The van der Waals surface area contributed by atoms with Gasteiger partial charge < -0.3 is 10.2 Å². The summed E-state index contributed by atoms with van der Waals surface area (Å²) in [6, 6.07) is 14.6. The van der Waals surface area contributed by atoms with Crippen molar-refractivity contribution in [2.24, 2.45) is 11.8 Å². The highest BCUT2D eigenvalue weighted by Gasteiger charge is 2.30. The Hall–Kier alpha value is -2.95. The molecular formula is C25H28FN3O. The van der Waals surface area contributed by atoms with Crippen LogP contribution >= 0.6 is 0 Å². The highest BCUT2D eigenvalue weighted by molar-refractivity contribution is 5.93. The third-order valence-corrected chi connectivity index (χ3v) is 6.23. The van der Waals surface area contributed by atoms with Crippen LogP contribution in [-0.2, 0) is 4.79 Å². The lowest BCUT2D eigenvalue weighted by Crippen LogP contribution is -2.39. The first kappa shape index (κ1) is 20.3. The summed E-state index contributed by atoms with van der Waals surface area (Å²) in [4.78, 5) is 19.6. The molecule has 5 heteroatoms. The fraction of sp³-hybridized carbons (Fsp3) is 0.360. The van der Waals surface area contributed by atoms with E-state index in [9.17, 15) is 9.18 Å². The molecule has 0 aliphatic carbocycles. The number of carbonyl (C=O) groups is 1. The number of fused-ring (bicyclic) bond motifs is 1. The van der Waals surface area contributed by atoms with Crippen molar-refractivity contribution >= 4 is 28.2 Å². The maximum atomic E-state index is 13.8. The van der Waals surface area contributed by atoms with Gasteiger partial charge in [0.15, 0.2) is 0 Å². The molecule has 30 heavy (non-hydrogen) atoms.